The minimum absolute atomic E-state index is 0.154. The summed E-state index contributed by atoms with van der Waals surface area (Å²) in [6, 6.07) is 7.86. The van der Waals surface area contributed by atoms with Gasteiger partial charge in [0, 0.05) is 12.3 Å². The van der Waals surface area contributed by atoms with Crippen molar-refractivity contribution in [3.05, 3.63) is 63.4 Å². The van der Waals surface area contributed by atoms with Crippen molar-refractivity contribution < 1.29 is 37.4 Å². The number of alkyl halides is 1. The van der Waals surface area contributed by atoms with E-state index in [1.165, 1.54) is 19.1 Å². The van der Waals surface area contributed by atoms with Gasteiger partial charge in [-0.2, -0.15) is 5.09 Å². The number of para-hydroxylation sites is 1. The molecule has 1 aromatic carbocycles. The molecule has 0 spiro atoms. The molecule has 1 fully saturated rings. The molecule has 1 aliphatic heterocycles. The molecule has 3 N–H and O–H groups in total. The number of H-pyrrole nitrogens is 1. The van der Waals surface area contributed by atoms with Crippen LogP contribution in [0.2, 0.25) is 0 Å². The topological polar surface area (TPSA) is 158 Å². The Labute approximate surface area is 199 Å². The van der Waals surface area contributed by atoms with Gasteiger partial charge in [-0.3, -0.25) is 23.7 Å². The summed E-state index contributed by atoms with van der Waals surface area (Å²) < 4.78 is 50.4. The predicted molar refractivity (Wildman–Crippen MR) is 121 cm³/mol. The van der Waals surface area contributed by atoms with E-state index in [0.29, 0.717) is 0 Å². The van der Waals surface area contributed by atoms with Crippen LogP contribution in [-0.4, -0.2) is 57.8 Å². The number of halogens is 1. The Balaban J connectivity index is 1.75. The van der Waals surface area contributed by atoms with Crippen LogP contribution in [-0.2, 0) is 23.4 Å². The summed E-state index contributed by atoms with van der Waals surface area (Å²) in [7, 11) is -4.28. The average Bonchev–Trinajstić information content (AvgIpc) is 3.06. The predicted octanol–water partition coefficient (Wildman–Crippen LogP) is 1.27. The number of esters is 1. The zero-order valence-corrected chi connectivity index (χ0v) is 20.1. The molecule has 1 aliphatic rings. The fourth-order valence-corrected chi connectivity index (χ4v) is 4.70. The van der Waals surface area contributed by atoms with Crippen LogP contribution >= 0.6 is 7.75 Å². The number of benzene rings is 1. The van der Waals surface area contributed by atoms with Crippen molar-refractivity contribution in [2.24, 2.45) is 0 Å². The van der Waals surface area contributed by atoms with Crippen molar-refractivity contribution >= 4 is 13.7 Å². The van der Waals surface area contributed by atoms with E-state index >= 15 is 0 Å². The molecular formula is C21H27FN3O9P. The molecule has 0 bridgehead atoms. The van der Waals surface area contributed by atoms with Crippen molar-refractivity contribution in [1.82, 2.24) is 14.6 Å². The van der Waals surface area contributed by atoms with Crippen LogP contribution in [0.3, 0.4) is 0 Å². The van der Waals surface area contributed by atoms with Gasteiger partial charge in [-0.1, -0.05) is 18.2 Å². The highest BCUT2D eigenvalue weighted by atomic mass is 31.2. The van der Waals surface area contributed by atoms with E-state index in [-0.39, 0.29) is 5.75 Å². The highest BCUT2D eigenvalue weighted by molar-refractivity contribution is 7.52. The maximum atomic E-state index is 14.7. The standard InChI is InChI=1S/C21H27FN3O9P/c1-12(2)32-20(28)13(3)24-35(30,34-14-7-5-4-6-8-14)31-11-15-18(27)17(22)19(33-15)25-10-9-16(26)23-21(25)29/h4-10,12-13,15,17-19,27H,11H2,1-3H3,(H,24,30)(H,23,26,29)/t13-,15?,17?,18?,19?,35?/m0/s1. The lowest BCUT2D eigenvalue weighted by molar-refractivity contribution is -0.149. The molecule has 6 atom stereocenters. The number of carbonyl (C=O) groups is 1. The quantitative estimate of drug-likeness (QED) is 0.311. The number of hydrogen-bond donors (Lipinski definition) is 3. The number of aromatic amines is 1. The van der Waals surface area contributed by atoms with Crippen LogP contribution in [0.1, 0.15) is 27.0 Å². The number of aromatic nitrogens is 2. The fourth-order valence-electron chi connectivity index (χ4n) is 3.20. The number of hydrogen-bond acceptors (Lipinski definition) is 9. The summed E-state index contributed by atoms with van der Waals surface area (Å²) >= 11 is 0. The first-order valence-electron chi connectivity index (χ1n) is 10.8. The zero-order valence-electron chi connectivity index (χ0n) is 19.2. The molecule has 0 saturated carbocycles. The van der Waals surface area contributed by atoms with E-state index in [2.05, 4.69) is 5.09 Å². The Bertz CT molecular complexity index is 1170. The summed E-state index contributed by atoms with van der Waals surface area (Å²) in [6.45, 7) is 4.07. The Morgan fingerprint density at radius 2 is 1.94 bits per heavy atom. The summed E-state index contributed by atoms with van der Waals surface area (Å²) in [4.78, 5) is 37.4. The van der Waals surface area contributed by atoms with E-state index < -0.39 is 68.3 Å². The number of rotatable bonds is 10. The smallest absolute Gasteiger partial charge is 0.459 e. The van der Waals surface area contributed by atoms with Gasteiger partial charge in [0.1, 0.15) is 24.0 Å². The van der Waals surface area contributed by atoms with Gasteiger partial charge in [0.2, 0.25) is 0 Å². The first-order chi connectivity index (χ1) is 16.5. The highest BCUT2D eigenvalue weighted by Gasteiger charge is 2.47. The molecule has 192 valence electrons. The molecule has 0 aliphatic carbocycles. The van der Waals surface area contributed by atoms with Crippen LogP contribution in [0.25, 0.3) is 0 Å². The Morgan fingerprint density at radius 3 is 2.57 bits per heavy atom. The fraction of sp³-hybridized carbons (Fsp3) is 0.476. The first-order valence-corrected chi connectivity index (χ1v) is 12.3. The second-order valence-corrected chi connectivity index (χ2v) is 9.75. The SMILES string of the molecule is CC(C)OC(=O)[C@H](C)NP(=O)(OCC1OC(n2ccc(=O)[nH]c2=O)C(F)C1O)Oc1ccccc1. The van der Waals surface area contributed by atoms with Crippen LogP contribution < -0.4 is 20.9 Å². The first kappa shape index (κ1) is 26.8. The second kappa shape index (κ2) is 11.3. The number of nitrogens with one attached hydrogen (secondary N) is 2. The Kier molecular flexibility index (Phi) is 8.62. The van der Waals surface area contributed by atoms with Crippen molar-refractivity contribution in [1.29, 1.82) is 0 Å². The van der Waals surface area contributed by atoms with E-state index in [4.69, 9.17) is 18.5 Å². The minimum atomic E-state index is -4.28. The van der Waals surface area contributed by atoms with Gasteiger partial charge in [-0.25, -0.2) is 13.8 Å². The number of ether oxygens (including phenoxy) is 2. The molecule has 3 rings (SSSR count). The molecule has 14 heteroatoms. The minimum Gasteiger partial charge on any atom is -0.462 e. The van der Waals surface area contributed by atoms with Gasteiger partial charge in [0.05, 0.1) is 12.7 Å². The van der Waals surface area contributed by atoms with Crippen molar-refractivity contribution in [3.63, 3.8) is 0 Å². The molecule has 2 aromatic rings. The van der Waals surface area contributed by atoms with Crippen LogP contribution in [0.15, 0.2) is 52.2 Å². The van der Waals surface area contributed by atoms with Crippen LogP contribution in [0.4, 0.5) is 4.39 Å². The Hall–Kier alpha value is -2.83. The summed E-state index contributed by atoms with van der Waals surface area (Å²) in [6.07, 6.45) is -6.13. The molecular weight excluding hydrogens is 488 g/mol. The average molecular weight is 515 g/mol. The second-order valence-electron chi connectivity index (χ2n) is 8.05. The summed E-state index contributed by atoms with van der Waals surface area (Å²) in [5.41, 5.74) is -1.62. The van der Waals surface area contributed by atoms with Gasteiger partial charge in [-0.15, -0.1) is 0 Å². The molecule has 1 aromatic heterocycles. The molecule has 5 unspecified atom stereocenters. The van der Waals surface area contributed by atoms with E-state index in [1.54, 1.807) is 32.0 Å². The number of nitrogens with zero attached hydrogens (tertiary/aromatic N) is 1. The lowest BCUT2D eigenvalue weighted by Crippen LogP contribution is -2.37. The molecule has 1 saturated heterocycles. The van der Waals surface area contributed by atoms with Crippen molar-refractivity contribution in [3.8, 4) is 5.75 Å². The molecule has 12 nitrogen and oxygen atoms in total. The van der Waals surface area contributed by atoms with Crippen LogP contribution in [0.5, 0.6) is 5.75 Å². The maximum absolute atomic E-state index is 14.7. The third-order valence-electron chi connectivity index (χ3n) is 4.85. The van der Waals surface area contributed by atoms with Gasteiger partial charge in [-0.05, 0) is 32.9 Å². The number of aliphatic hydroxyl groups excluding tert-OH is 1. The summed E-state index contributed by atoms with van der Waals surface area (Å²) in [5.74, 6) is -0.555. The third-order valence-corrected chi connectivity index (χ3v) is 6.50. The van der Waals surface area contributed by atoms with Gasteiger partial charge < -0.3 is 19.1 Å². The normalized spacial score (nSPS) is 24.6. The van der Waals surface area contributed by atoms with Gasteiger partial charge in [0.25, 0.3) is 5.56 Å². The molecule has 2 heterocycles. The lowest BCUT2D eigenvalue weighted by atomic mass is 10.1. The number of aliphatic hydroxyl groups is 1. The largest absolute Gasteiger partial charge is 0.462 e. The summed E-state index contributed by atoms with van der Waals surface area (Å²) in [5, 5.41) is 12.8. The lowest BCUT2D eigenvalue weighted by Gasteiger charge is -2.25. The molecule has 35 heavy (non-hydrogen) atoms. The highest BCUT2D eigenvalue weighted by Crippen LogP contribution is 2.46. The molecule has 0 amide bonds. The maximum Gasteiger partial charge on any atom is 0.459 e. The zero-order chi connectivity index (χ0) is 25.8. The molecule has 0 radical (unpaired) electrons. The van der Waals surface area contributed by atoms with E-state index in [1.807, 2.05) is 4.98 Å². The van der Waals surface area contributed by atoms with Crippen molar-refractivity contribution in [2.45, 2.75) is 57.5 Å². The van der Waals surface area contributed by atoms with Gasteiger partial charge in [0.15, 0.2) is 12.4 Å². The van der Waals surface area contributed by atoms with E-state index in [0.717, 1.165) is 16.8 Å². The van der Waals surface area contributed by atoms with Crippen LogP contribution in [0, 0.1) is 0 Å². The van der Waals surface area contributed by atoms with Gasteiger partial charge >= 0.3 is 19.4 Å². The monoisotopic (exact) mass is 515 g/mol. The van der Waals surface area contributed by atoms with E-state index in [9.17, 15) is 28.4 Å². The number of carbonyl (C=O) groups excluding carboxylic acids is 1. The third kappa shape index (κ3) is 6.86. The Morgan fingerprint density at radius 1 is 1.26 bits per heavy atom. The van der Waals surface area contributed by atoms with Crippen molar-refractivity contribution in [2.75, 3.05) is 6.61 Å².